The van der Waals surface area contributed by atoms with Crippen molar-refractivity contribution in [1.29, 1.82) is 0 Å². The van der Waals surface area contributed by atoms with E-state index < -0.39 is 0 Å². The summed E-state index contributed by atoms with van der Waals surface area (Å²) >= 11 is 0. The van der Waals surface area contributed by atoms with Gasteiger partial charge < -0.3 is 15.5 Å². The Morgan fingerprint density at radius 1 is 0.923 bits per heavy atom. The predicted octanol–water partition coefficient (Wildman–Crippen LogP) is 5.79. The Morgan fingerprint density at radius 3 is 2.12 bits per heavy atom. The highest BCUT2D eigenvalue weighted by Gasteiger charge is 2.21. The molecular weight excluding hydrogens is 433 g/mol. The zero-order chi connectivity index (χ0) is 17.9. The number of anilines is 2. The molecule has 1 atom stereocenters. The number of unbranched alkanes of at least 4 members (excludes halogenated alkanes) is 7. The monoisotopic (exact) mass is 473 g/mol. The first kappa shape index (κ1) is 23.5. The molecule has 0 amide bonds. The third-order valence-electron chi connectivity index (χ3n) is 5.51. The number of nitrogen functional groups attached to an aromatic ring is 1. The van der Waals surface area contributed by atoms with Crippen LogP contribution in [0.25, 0.3) is 0 Å². The Balaban J connectivity index is 0.00000338. The second kappa shape index (κ2) is 13.6. The Kier molecular flexibility index (Phi) is 12.4. The minimum atomic E-state index is 0. The quantitative estimate of drug-likeness (QED) is 0.237. The lowest BCUT2D eigenvalue weighted by atomic mass is 9.99. The van der Waals surface area contributed by atoms with Crippen LogP contribution in [-0.4, -0.2) is 38.6 Å². The van der Waals surface area contributed by atoms with Crippen molar-refractivity contribution >= 4 is 35.4 Å². The first-order valence-electron chi connectivity index (χ1n) is 10.4. The fourth-order valence-electron chi connectivity index (χ4n) is 3.91. The molecule has 1 aliphatic rings. The summed E-state index contributed by atoms with van der Waals surface area (Å²) in [6, 6.07) is 8.36. The molecule has 0 saturated carbocycles. The molecule has 1 aromatic rings. The summed E-state index contributed by atoms with van der Waals surface area (Å²) in [5.74, 6) is 0.892. The van der Waals surface area contributed by atoms with E-state index >= 15 is 0 Å². The van der Waals surface area contributed by atoms with Crippen molar-refractivity contribution in [2.24, 2.45) is 5.92 Å². The standard InChI is InChI=1S/C22H39N3.HI/c1-24(2)17-10-8-6-4-3-5-7-9-11-20-16-18-25(19-20)22-14-12-21(23)13-15-22;/h12-15,20H,3-11,16-19,23H2,1-2H3;1H. The largest absolute Gasteiger partial charge is 0.399 e. The minimum absolute atomic E-state index is 0. The van der Waals surface area contributed by atoms with Gasteiger partial charge in [0.1, 0.15) is 0 Å². The molecule has 3 nitrogen and oxygen atoms in total. The maximum absolute atomic E-state index is 5.78. The molecule has 4 heteroatoms. The van der Waals surface area contributed by atoms with Crippen molar-refractivity contribution in [2.45, 2.75) is 64.2 Å². The number of hydrogen-bond donors (Lipinski definition) is 1. The van der Waals surface area contributed by atoms with Gasteiger partial charge >= 0.3 is 0 Å². The van der Waals surface area contributed by atoms with Gasteiger partial charge in [-0.1, -0.05) is 44.9 Å². The maximum Gasteiger partial charge on any atom is 0.0367 e. The molecule has 1 unspecified atom stereocenters. The Labute approximate surface area is 178 Å². The molecule has 0 spiro atoms. The van der Waals surface area contributed by atoms with Crippen LogP contribution in [0.1, 0.15) is 64.2 Å². The maximum atomic E-state index is 5.78. The Bertz CT molecular complexity index is 461. The van der Waals surface area contributed by atoms with Crippen molar-refractivity contribution in [3.63, 3.8) is 0 Å². The molecule has 1 saturated heterocycles. The first-order chi connectivity index (χ1) is 12.1. The van der Waals surface area contributed by atoms with E-state index in [0.29, 0.717) is 0 Å². The highest BCUT2D eigenvalue weighted by molar-refractivity contribution is 14.0. The molecule has 1 aromatic carbocycles. The summed E-state index contributed by atoms with van der Waals surface area (Å²) in [7, 11) is 4.33. The lowest BCUT2D eigenvalue weighted by Gasteiger charge is -2.18. The van der Waals surface area contributed by atoms with Gasteiger partial charge in [-0.05, 0) is 70.1 Å². The van der Waals surface area contributed by atoms with Crippen LogP contribution in [0.4, 0.5) is 11.4 Å². The summed E-state index contributed by atoms with van der Waals surface area (Å²) in [5, 5.41) is 0. The van der Waals surface area contributed by atoms with Crippen LogP contribution in [0.15, 0.2) is 24.3 Å². The highest BCUT2D eigenvalue weighted by atomic mass is 127. The van der Waals surface area contributed by atoms with Gasteiger partial charge in [-0.2, -0.15) is 0 Å². The van der Waals surface area contributed by atoms with Crippen LogP contribution in [0.2, 0.25) is 0 Å². The molecule has 0 bridgehead atoms. The lowest BCUT2D eigenvalue weighted by molar-refractivity contribution is 0.389. The van der Waals surface area contributed by atoms with Gasteiger partial charge in [-0.25, -0.2) is 0 Å². The molecule has 0 aliphatic carbocycles. The van der Waals surface area contributed by atoms with E-state index in [-0.39, 0.29) is 24.0 Å². The normalized spacial score (nSPS) is 16.9. The third kappa shape index (κ3) is 9.45. The van der Waals surface area contributed by atoms with Crippen LogP contribution >= 0.6 is 24.0 Å². The van der Waals surface area contributed by atoms with Gasteiger partial charge in [0.15, 0.2) is 0 Å². The van der Waals surface area contributed by atoms with E-state index in [9.17, 15) is 0 Å². The molecule has 2 N–H and O–H groups in total. The zero-order valence-electron chi connectivity index (χ0n) is 17.0. The molecule has 1 heterocycles. The van der Waals surface area contributed by atoms with Gasteiger partial charge in [0.05, 0.1) is 0 Å². The Hall–Kier alpha value is -0.490. The summed E-state index contributed by atoms with van der Waals surface area (Å²) in [6.45, 7) is 3.69. The fourth-order valence-corrected chi connectivity index (χ4v) is 3.91. The van der Waals surface area contributed by atoms with Gasteiger partial charge in [0, 0.05) is 24.5 Å². The lowest BCUT2D eigenvalue weighted by Crippen LogP contribution is -2.19. The van der Waals surface area contributed by atoms with E-state index in [2.05, 4.69) is 36.0 Å². The zero-order valence-corrected chi connectivity index (χ0v) is 19.3. The van der Waals surface area contributed by atoms with Crippen LogP contribution in [0.3, 0.4) is 0 Å². The van der Waals surface area contributed by atoms with E-state index in [1.807, 2.05) is 12.1 Å². The van der Waals surface area contributed by atoms with Crippen LogP contribution in [-0.2, 0) is 0 Å². The summed E-state index contributed by atoms with van der Waals surface area (Å²) in [5.41, 5.74) is 7.98. The first-order valence-corrected chi connectivity index (χ1v) is 10.4. The fraction of sp³-hybridized carbons (Fsp3) is 0.727. The number of halogens is 1. The van der Waals surface area contributed by atoms with E-state index in [1.54, 1.807) is 0 Å². The molecule has 1 fully saturated rings. The highest BCUT2D eigenvalue weighted by Crippen LogP contribution is 2.27. The number of benzene rings is 1. The predicted molar refractivity (Wildman–Crippen MR) is 127 cm³/mol. The van der Waals surface area contributed by atoms with E-state index in [0.717, 1.165) is 11.6 Å². The SMILES string of the molecule is CN(C)CCCCCCCCCCC1CCN(c2ccc(N)cc2)C1.I. The van der Waals surface area contributed by atoms with E-state index in [1.165, 1.54) is 89.5 Å². The van der Waals surface area contributed by atoms with Crippen LogP contribution in [0, 0.1) is 5.92 Å². The number of nitrogens with two attached hydrogens (primary N) is 1. The third-order valence-corrected chi connectivity index (χ3v) is 5.51. The molecular formula is C22H40IN3. The smallest absolute Gasteiger partial charge is 0.0367 e. The van der Waals surface area contributed by atoms with Crippen molar-refractivity contribution < 1.29 is 0 Å². The average molecular weight is 473 g/mol. The molecule has 26 heavy (non-hydrogen) atoms. The Morgan fingerprint density at radius 2 is 1.50 bits per heavy atom. The molecule has 1 aliphatic heterocycles. The van der Waals surface area contributed by atoms with Crippen LogP contribution in [0.5, 0.6) is 0 Å². The number of nitrogens with zero attached hydrogens (tertiary/aromatic N) is 2. The summed E-state index contributed by atoms with van der Waals surface area (Å²) in [4.78, 5) is 4.81. The van der Waals surface area contributed by atoms with Crippen molar-refractivity contribution in [1.82, 2.24) is 4.90 Å². The molecule has 0 aromatic heterocycles. The summed E-state index contributed by atoms with van der Waals surface area (Å²) < 4.78 is 0. The van der Waals surface area contributed by atoms with Gasteiger partial charge in [-0.3, -0.25) is 0 Å². The average Bonchev–Trinajstić information content (AvgIpc) is 3.06. The van der Waals surface area contributed by atoms with Crippen molar-refractivity contribution in [3.05, 3.63) is 24.3 Å². The van der Waals surface area contributed by atoms with Crippen LogP contribution < -0.4 is 10.6 Å². The number of rotatable bonds is 12. The van der Waals surface area contributed by atoms with Gasteiger partial charge in [0.2, 0.25) is 0 Å². The molecule has 2 rings (SSSR count). The minimum Gasteiger partial charge on any atom is -0.399 e. The van der Waals surface area contributed by atoms with Crippen molar-refractivity contribution in [2.75, 3.05) is 44.4 Å². The summed E-state index contributed by atoms with van der Waals surface area (Å²) in [6.07, 6.45) is 14.1. The van der Waals surface area contributed by atoms with Gasteiger partial charge in [0.25, 0.3) is 0 Å². The van der Waals surface area contributed by atoms with E-state index in [4.69, 9.17) is 5.73 Å². The second-order valence-corrected chi connectivity index (χ2v) is 8.11. The molecule has 150 valence electrons. The number of hydrogen-bond acceptors (Lipinski definition) is 3. The molecule has 0 radical (unpaired) electrons. The van der Waals surface area contributed by atoms with Crippen molar-refractivity contribution in [3.8, 4) is 0 Å². The second-order valence-electron chi connectivity index (χ2n) is 8.11. The topological polar surface area (TPSA) is 32.5 Å². The van der Waals surface area contributed by atoms with Gasteiger partial charge in [-0.15, -0.1) is 24.0 Å².